The number of hydrogen-bond acceptors (Lipinski definition) is 3. The van der Waals surface area contributed by atoms with Crippen molar-refractivity contribution >= 4 is 11.8 Å². The molecular formula is C6H11NO3. The maximum absolute atomic E-state index is 10.5. The highest BCUT2D eigenvalue weighted by molar-refractivity contribution is 5.84. The van der Waals surface area contributed by atoms with Gasteiger partial charge >= 0.3 is 5.97 Å². The Kier molecular flexibility index (Phi) is 3.64. The van der Waals surface area contributed by atoms with Crippen LogP contribution in [0.3, 0.4) is 0 Å². The lowest BCUT2D eigenvalue weighted by Gasteiger charge is -2.01. The highest BCUT2D eigenvalue weighted by Crippen LogP contribution is 2.00. The van der Waals surface area contributed by atoms with Gasteiger partial charge in [-0.1, -0.05) is 6.92 Å². The fraction of sp³-hybridized carbons (Fsp3) is 0.667. The highest BCUT2D eigenvalue weighted by Gasteiger charge is 2.13. The van der Waals surface area contributed by atoms with E-state index in [2.05, 4.69) is 0 Å². The fourth-order valence-electron chi connectivity index (χ4n) is 0.512. The first-order chi connectivity index (χ1) is 4.57. The molecule has 0 heterocycles. The normalized spacial score (nSPS) is 12.6. The average molecular weight is 145 g/mol. The molecule has 0 aliphatic carbocycles. The van der Waals surface area contributed by atoms with E-state index in [0.717, 1.165) is 0 Å². The molecule has 0 aromatic carbocycles. The molecule has 0 radical (unpaired) electrons. The summed E-state index contributed by atoms with van der Waals surface area (Å²) < 4.78 is 0. The summed E-state index contributed by atoms with van der Waals surface area (Å²) in [6.45, 7) is 1.41. The molecule has 0 aliphatic rings. The molecule has 4 heteroatoms. The van der Waals surface area contributed by atoms with Crippen molar-refractivity contribution in [1.82, 2.24) is 0 Å². The number of rotatable bonds is 4. The van der Waals surface area contributed by atoms with E-state index in [-0.39, 0.29) is 18.7 Å². The van der Waals surface area contributed by atoms with Crippen LogP contribution in [-0.2, 0) is 9.59 Å². The van der Waals surface area contributed by atoms with Gasteiger partial charge in [-0.2, -0.15) is 0 Å². The van der Waals surface area contributed by atoms with Gasteiger partial charge in [0.2, 0.25) is 0 Å². The average Bonchev–Trinajstić information content (AvgIpc) is 1.87. The van der Waals surface area contributed by atoms with Crippen molar-refractivity contribution in [3.8, 4) is 0 Å². The highest BCUT2D eigenvalue weighted by atomic mass is 16.4. The van der Waals surface area contributed by atoms with Crippen molar-refractivity contribution in [1.29, 1.82) is 0 Å². The molecule has 0 saturated carbocycles. The summed E-state index contributed by atoms with van der Waals surface area (Å²) in [5.74, 6) is -1.78. The van der Waals surface area contributed by atoms with Gasteiger partial charge in [-0.3, -0.25) is 9.59 Å². The smallest absolute Gasteiger partial charge is 0.306 e. The summed E-state index contributed by atoms with van der Waals surface area (Å²) in [7, 11) is 0. The minimum Gasteiger partial charge on any atom is -0.481 e. The Bertz CT molecular complexity index is 144. The lowest BCUT2D eigenvalue weighted by Crippen LogP contribution is -2.20. The number of Topliss-reactive ketones (excluding diaryl/α,β-unsaturated/α-hetero) is 1. The lowest BCUT2D eigenvalue weighted by atomic mass is 10.1. The molecular weight excluding hydrogens is 134 g/mol. The van der Waals surface area contributed by atoms with Gasteiger partial charge < -0.3 is 10.8 Å². The second-order valence-electron chi connectivity index (χ2n) is 2.19. The van der Waals surface area contributed by atoms with Gasteiger partial charge in [-0.15, -0.1) is 0 Å². The molecule has 3 N–H and O–H groups in total. The Morgan fingerprint density at radius 3 is 2.40 bits per heavy atom. The van der Waals surface area contributed by atoms with Gasteiger partial charge in [0.1, 0.15) is 5.78 Å². The number of ketones is 1. The molecule has 4 nitrogen and oxygen atoms in total. The van der Waals surface area contributed by atoms with Crippen molar-refractivity contribution < 1.29 is 14.7 Å². The summed E-state index contributed by atoms with van der Waals surface area (Å²) in [5, 5.41) is 8.33. The zero-order valence-corrected chi connectivity index (χ0v) is 5.83. The van der Waals surface area contributed by atoms with Crippen LogP contribution in [0.5, 0.6) is 0 Å². The molecule has 0 saturated heterocycles. The summed E-state index contributed by atoms with van der Waals surface area (Å²) in [6.07, 6.45) is 0.0336. The van der Waals surface area contributed by atoms with Crippen LogP contribution in [0.15, 0.2) is 0 Å². The molecule has 0 unspecified atom stereocenters. The number of carbonyl (C=O) groups is 2. The number of carboxylic acids is 1. The van der Waals surface area contributed by atoms with Crippen LogP contribution in [0.1, 0.15) is 13.3 Å². The van der Waals surface area contributed by atoms with E-state index in [1.165, 1.54) is 6.92 Å². The molecule has 0 bridgehead atoms. The molecule has 10 heavy (non-hydrogen) atoms. The molecule has 0 aliphatic heterocycles. The third-order valence-corrected chi connectivity index (χ3v) is 1.18. The minimum absolute atomic E-state index is 0.0336. The Hall–Kier alpha value is -0.900. The number of carboxylic acid groups (broad SMARTS) is 1. The van der Waals surface area contributed by atoms with Crippen molar-refractivity contribution in [2.75, 3.05) is 6.54 Å². The standard InChI is InChI=1S/C6H11NO3/c1-4(6(9)10)2-5(8)3-7/h4H,2-3,7H2,1H3,(H,9,10)/t4-/m0/s1. The second-order valence-corrected chi connectivity index (χ2v) is 2.19. The van der Waals surface area contributed by atoms with Crippen LogP contribution in [0.25, 0.3) is 0 Å². The second kappa shape index (κ2) is 4.00. The quantitative estimate of drug-likeness (QED) is 0.565. The topological polar surface area (TPSA) is 80.4 Å². The predicted octanol–water partition coefficient (Wildman–Crippen LogP) is -0.375. The molecule has 0 amide bonds. The first kappa shape index (κ1) is 9.10. The van der Waals surface area contributed by atoms with E-state index in [1.54, 1.807) is 0 Å². The third-order valence-electron chi connectivity index (χ3n) is 1.18. The van der Waals surface area contributed by atoms with Crippen molar-refractivity contribution in [3.05, 3.63) is 0 Å². The van der Waals surface area contributed by atoms with E-state index >= 15 is 0 Å². The zero-order chi connectivity index (χ0) is 8.15. The van der Waals surface area contributed by atoms with Crippen molar-refractivity contribution in [2.45, 2.75) is 13.3 Å². The van der Waals surface area contributed by atoms with E-state index in [9.17, 15) is 9.59 Å². The van der Waals surface area contributed by atoms with Crippen LogP contribution in [0.4, 0.5) is 0 Å². The van der Waals surface area contributed by atoms with Gasteiger partial charge in [0.25, 0.3) is 0 Å². The zero-order valence-electron chi connectivity index (χ0n) is 5.83. The molecule has 0 aromatic heterocycles. The monoisotopic (exact) mass is 145 g/mol. The number of hydrogen-bond donors (Lipinski definition) is 2. The van der Waals surface area contributed by atoms with Crippen LogP contribution < -0.4 is 5.73 Å². The molecule has 0 aromatic rings. The predicted molar refractivity (Wildman–Crippen MR) is 35.5 cm³/mol. The van der Waals surface area contributed by atoms with Gasteiger partial charge in [0.15, 0.2) is 0 Å². The summed E-state index contributed by atoms with van der Waals surface area (Å²) in [5.41, 5.74) is 4.98. The number of carbonyl (C=O) groups excluding carboxylic acids is 1. The molecule has 0 rings (SSSR count). The first-order valence-electron chi connectivity index (χ1n) is 3.02. The summed E-state index contributed by atoms with van der Waals surface area (Å²) >= 11 is 0. The Morgan fingerprint density at radius 1 is 1.60 bits per heavy atom. The van der Waals surface area contributed by atoms with E-state index in [1.807, 2.05) is 0 Å². The van der Waals surface area contributed by atoms with E-state index in [4.69, 9.17) is 10.8 Å². The Balaban J connectivity index is 3.68. The van der Waals surface area contributed by atoms with E-state index in [0.29, 0.717) is 0 Å². The van der Waals surface area contributed by atoms with Crippen LogP contribution in [-0.4, -0.2) is 23.4 Å². The lowest BCUT2D eigenvalue weighted by molar-refractivity contribution is -0.142. The molecule has 0 spiro atoms. The fourth-order valence-corrected chi connectivity index (χ4v) is 0.512. The summed E-state index contributed by atoms with van der Waals surface area (Å²) in [6, 6.07) is 0. The van der Waals surface area contributed by atoms with Crippen molar-refractivity contribution in [3.63, 3.8) is 0 Å². The van der Waals surface area contributed by atoms with Gasteiger partial charge in [0, 0.05) is 6.42 Å². The maximum atomic E-state index is 10.5. The Labute approximate surface area is 59.0 Å². The van der Waals surface area contributed by atoms with Gasteiger partial charge in [0.05, 0.1) is 12.5 Å². The first-order valence-corrected chi connectivity index (χ1v) is 3.02. The number of aliphatic carboxylic acids is 1. The third kappa shape index (κ3) is 3.19. The SMILES string of the molecule is C[C@@H](CC(=O)CN)C(=O)O. The number of nitrogens with two attached hydrogens (primary N) is 1. The maximum Gasteiger partial charge on any atom is 0.306 e. The van der Waals surface area contributed by atoms with Crippen LogP contribution in [0, 0.1) is 5.92 Å². The van der Waals surface area contributed by atoms with Crippen LogP contribution >= 0.6 is 0 Å². The van der Waals surface area contributed by atoms with Gasteiger partial charge in [-0.25, -0.2) is 0 Å². The Morgan fingerprint density at radius 2 is 2.10 bits per heavy atom. The van der Waals surface area contributed by atoms with Crippen LogP contribution in [0.2, 0.25) is 0 Å². The molecule has 0 fully saturated rings. The molecule has 1 atom stereocenters. The van der Waals surface area contributed by atoms with E-state index < -0.39 is 11.9 Å². The minimum atomic E-state index is -0.957. The van der Waals surface area contributed by atoms with Crippen molar-refractivity contribution in [2.24, 2.45) is 11.7 Å². The van der Waals surface area contributed by atoms with Gasteiger partial charge in [-0.05, 0) is 0 Å². The molecule has 58 valence electrons. The largest absolute Gasteiger partial charge is 0.481 e. The summed E-state index contributed by atoms with van der Waals surface area (Å²) in [4.78, 5) is 20.7.